The summed E-state index contributed by atoms with van der Waals surface area (Å²) in [5.41, 5.74) is 4.19. The molecule has 0 bridgehead atoms. The molecule has 0 aromatic heterocycles. The van der Waals surface area contributed by atoms with Gasteiger partial charge in [-0.15, -0.1) is 11.8 Å². The van der Waals surface area contributed by atoms with Crippen molar-refractivity contribution in [2.24, 2.45) is 0 Å². The number of aryl methyl sites for hydroxylation is 1. The molecule has 0 heterocycles. The van der Waals surface area contributed by atoms with E-state index in [1.165, 1.54) is 10.5 Å². The number of nitrogens with one attached hydrogen (secondary N) is 1. The molecule has 1 unspecified atom stereocenters. The van der Waals surface area contributed by atoms with Crippen molar-refractivity contribution in [3.63, 3.8) is 0 Å². The lowest BCUT2D eigenvalue weighted by atomic mass is 10.1. The lowest BCUT2D eigenvalue weighted by Crippen LogP contribution is -2.30. The van der Waals surface area contributed by atoms with Gasteiger partial charge in [-0.1, -0.05) is 42.5 Å². The third-order valence-electron chi connectivity index (χ3n) is 4.60. The van der Waals surface area contributed by atoms with Crippen LogP contribution in [0.25, 0.3) is 0 Å². The second-order valence-electron chi connectivity index (χ2n) is 6.75. The first kappa shape index (κ1) is 20.0. The Balaban J connectivity index is 1.54. The molecule has 0 aliphatic heterocycles. The molecule has 3 aromatic rings. The number of hydrogen-bond acceptors (Lipinski definition) is 3. The quantitative estimate of drug-likeness (QED) is 0.502. The van der Waals surface area contributed by atoms with Gasteiger partial charge in [-0.25, -0.2) is 0 Å². The lowest BCUT2D eigenvalue weighted by molar-refractivity contribution is -0.122. The molecule has 0 aliphatic rings. The van der Waals surface area contributed by atoms with Crippen molar-refractivity contribution in [3.8, 4) is 5.75 Å². The Morgan fingerprint density at radius 2 is 1.68 bits per heavy atom. The fraction of sp³-hybridized carbons (Fsp3) is 0.208. The fourth-order valence-corrected chi connectivity index (χ4v) is 3.58. The number of ether oxygens (including phenoxy) is 1. The van der Waals surface area contributed by atoms with Crippen LogP contribution in [0.15, 0.2) is 77.7 Å². The largest absolute Gasteiger partial charge is 0.481 e. The van der Waals surface area contributed by atoms with Crippen molar-refractivity contribution in [2.45, 2.75) is 37.5 Å². The number of amides is 1. The Bertz CT molecular complexity index is 923. The minimum atomic E-state index is -0.575. The van der Waals surface area contributed by atoms with Crippen LogP contribution in [0.5, 0.6) is 5.75 Å². The van der Waals surface area contributed by atoms with Crippen LogP contribution in [0.4, 0.5) is 5.69 Å². The van der Waals surface area contributed by atoms with Crippen LogP contribution in [0.2, 0.25) is 0 Å². The second-order valence-corrected chi connectivity index (χ2v) is 7.79. The van der Waals surface area contributed by atoms with Gasteiger partial charge in [0.2, 0.25) is 0 Å². The third kappa shape index (κ3) is 5.40. The second kappa shape index (κ2) is 9.47. The van der Waals surface area contributed by atoms with Gasteiger partial charge in [0.15, 0.2) is 6.10 Å². The van der Waals surface area contributed by atoms with Gasteiger partial charge < -0.3 is 10.1 Å². The molecule has 1 atom stereocenters. The van der Waals surface area contributed by atoms with Crippen LogP contribution in [0.1, 0.15) is 23.6 Å². The zero-order chi connectivity index (χ0) is 19.9. The molecule has 0 saturated carbocycles. The molecule has 3 rings (SSSR count). The van der Waals surface area contributed by atoms with E-state index in [9.17, 15) is 4.79 Å². The smallest absolute Gasteiger partial charge is 0.265 e. The maximum Gasteiger partial charge on any atom is 0.265 e. The molecule has 0 radical (unpaired) electrons. The van der Waals surface area contributed by atoms with E-state index in [0.29, 0.717) is 0 Å². The molecule has 28 heavy (non-hydrogen) atoms. The number of carbonyl (C=O) groups excluding carboxylic acids is 1. The molecule has 144 valence electrons. The summed E-state index contributed by atoms with van der Waals surface area (Å²) >= 11 is 1.79. The van der Waals surface area contributed by atoms with E-state index < -0.39 is 6.10 Å². The topological polar surface area (TPSA) is 38.3 Å². The zero-order valence-electron chi connectivity index (χ0n) is 16.4. The van der Waals surface area contributed by atoms with Crippen LogP contribution >= 0.6 is 11.8 Å². The fourth-order valence-electron chi connectivity index (χ4n) is 2.71. The minimum absolute atomic E-state index is 0.160. The van der Waals surface area contributed by atoms with Gasteiger partial charge in [0.05, 0.1) is 0 Å². The normalized spacial score (nSPS) is 11.7. The summed E-state index contributed by atoms with van der Waals surface area (Å²) < 4.78 is 5.86. The van der Waals surface area contributed by atoms with Crippen LogP contribution in [-0.2, 0) is 10.5 Å². The monoisotopic (exact) mass is 391 g/mol. The molecule has 0 saturated heterocycles. The molecule has 1 N–H and O–H groups in total. The van der Waals surface area contributed by atoms with E-state index in [1.807, 2.05) is 74.5 Å². The number of hydrogen-bond donors (Lipinski definition) is 1. The van der Waals surface area contributed by atoms with Gasteiger partial charge >= 0.3 is 0 Å². The van der Waals surface area contributed by atoms with Crippen molar-refractivity contribution in [1.29, 1.82) is 0 Å². The highest BCUT2D eigenvalue weighted by molar-refractivity contribution is 7.98. The van der Waals surface area contributed by atoms with Crippen molar-refractivity contribution in [3.05, 3.63) is 89.5 Å². The molecule has 3 aromatic carbocycles. The Morgan fingerprint density at radius 3 is 2.39 bits per heavy atom. The molecule has 4 heteroatoms. The maximum absolute atomic E-state index is 12.5. The van der Waals surface area contributed by atoms with Crippen molar-refractivity contribution < 1.29 is 9.53 Å². The third-order valence-corrected chi connectivity index (χ3v) is 5.68. The molecule has 0 fully saturated rings. The summed E-state index contributed by atoms with van der Waals surface area (Å²) in [4.78, 5) is 13.7. The number of benzene rings is 3. The Kier molecular flexibility index (Phi) is 6.77. The summed E-state index contributed by atoms with van der Waals surface area (Å²) in [5, 5.41) is 2.93. The van der Waals surface area contributed by atoms with Gasteiger partial charge in [0.25, 0.3) is 5.91 Å². The van der Waals surface area contributed by atoms with E-state index >= 15 is 0 Å². The van der Waals surface area contributed by atoms with Gasteiger partial charge in [0, 0.05) is 16.3 Å². The first-order valence-electron chi connectivity index (χ1n) is 9.33. The summed E-state index contributed by atoms with van der Waals surface area (Å²) in [5.74, 6) is 1.48. The van der Waals surface area contributed by atoms with Crippen molar-refractivity contribution >= 4 is 23.4 Å². The first-order chi connectivity index (χ1) is 13.5. The summed E-state index contributed by atoms with van der Waals surface area (Å²) in [6.07, 6.45) is -0.575. The first-order valence-corrected chi connectivity index (χ1v) is 10.3. The summed E-state index contributed by atoms with van der Waals surface area (Å²) in [7, 11) is 0. The Morgan fingerprint density at radius 1 is 0.964 bits per heavy atom. The van der Waals surface area contributed by atoms with Crippen LogP contribution in [0.3, 0.4) is 0 Å². The molecule has 0 aliphatic carbocycles. The molecule has 0 spiro atoms. The SMILES string of the molecule is Cc1cccc(OC(C)C(=O)Nc2ccc(CSc3ccccc3)cc2)c1C. The minimum Gasteiger partial charge on any atom is -0.481 e. The predicted octanol–water partition coefficient (Wildman–Crippen LogP) is 6.00. The Hall–Kier alpha value is -2.72. The molecule has 1 amide bonds. The lowest BCUT2D eigenvalue weighted by Gasteiger charge is -2.17. The van der Waals surface area contributed by atoms with Gasteiger partial charge in [-0.3, -0.25) is 4.79 Å². The highest BCUT2D eigenvalue weighted by atomic mass is 32.2. The highest BCUT2D eigenvalue weighted by Gasteiger charge is 2.16. The molecular weight excluding hydrogens is 366 g/mol. The number of thioether (sulfide) groups is 1. The van der Waals surface area contributed by atoms with Crippen molar-refractivity contribution in [2.75, 3.05) is 5.32 Å². The van der Waals surface area contributed by atoms with Gasteiger partial charge in [-0.05, 0) is 67.8 Å². The van der Waals surface area contributed by atoms with Crippen LogP contribution in [-0.4, -0.2) is 12.0 Å². The summed E-state index contributed by atoms with van der Waals surface area (Å²) in [6.45, 7) is 5.80. The predicted molar refractivity (Wildman–Crippen MR) is 117 cm³/mol. The number of carbonyl (C=O) groups is 1. The van der Waals surface area contributed by atoms with E-state index in [1.54, 1.807) is 18.7 Å². The number of rotatable bonds is 7. The van der Waals surface area contributed by atoms with E-state index in [-0.39, 0.29) is 5.91 Å². The maximum atomic E-state index is 12.5. The molecule has 3 nitrogen and oxygen atoms in total. The van der Waals surface area contributed by atoms with E-state index in [0.717, 1.165) is 28.3 Å². The van der Waals surface area contributed by atoms with E-state index in [2.05, 4.69) is 17.4 Å². The van der Waals surface area contributed by atoms with Crippen LogP contribution in [0, 0.1) is 13.8 Å². The number of anilines is 1. The van der Waals surface area contributed by atoms with E-state index in [4.69, 9.17) is 4.74 Å². The van der Waals surface area contributed by atoms with Crippen LogP contribution < -0.4 is 10.1 Å². The average molecular weight is 392 g/mol. The Labute approximate surface area is 171 Å². The average Bonchev–Trinajstić information content (AvgIpc) is 2.71. The zero-order valence-corrected chi connectivity index (χ0v) is 17.3. The van der Waals surface area contributed by atoms with Gasteiger partial charge in [0.1, 0.15) is 5.75 Å². The van der Waals surface area contributed by atoms with Crippen molar-refractivity contribution in [1.82, 2.24) is 0 Å². The standard InChI is InChI=1S/C24H25NO2S/c1-17-8-7-11-23(18(17)2)27-19(3)24(26)25-21-14-12-20(13-15-21)16-28-22-9-5-4-6-10-22/h4-15,19H,16H2,1-3H3,(H,25,26). The van der Waals surface area contributed by atoms with Gasteiger partial charge in [-0.2, -0.15) is 0 Å². The molecular formula is C24H25NO2S. The summed E-state index contributed by atoms with van der Waals surface area (Å²) in [6, 6.07) is 24.1. The highest BCUT2D eigenvalue weighted by Crippen LogP contribution is 2.24.